The zero-order chi connectivity index (χ0) is 20.9. The van der Waals surface area contributed by atoms with Crippen molar-refractivity contribution in [1.29, 1.82) is 0 Å². The fraction of sp³-hybridized carbons (Fsp3) is 0.350. The van der Waals surface area contributed by atoms with E-state index in [-0.39, 0.29) is 23.5 Å². The van der Waals surface area contributed by atoms with Gasteiger partial charge in [-0.15, -0.1) is 0 Å². The fourth-order valence-electron chi connectivity index (χ4n) is 2.56. The van der Waals surface area contributed by atoms with E-state index in [9.17, 15) is 13.2 Å². The van der Waals surface area contributed by atoms with E-state index >= 15 is 0 Å². The lowest BCUT2D eigenvalue weighted by Crippen LogP contribution is -2.31. The van der Waals surface area contributed by atoms with Crippen molar-refractivity contribution in [3.63, 3.8) is 0 Å². The van der Waals surface area contributed by atoms with Crippen molar-refractivity contribution < 1.29 is 17.9 Å². The lowest BCUT2D eigenvalue weighted by Gasteiger charge is -2.14. The van der Waals surface area contributed by atoms with E-state index < -0.39 is 10.0 Å². The highest BCUT2D eigenvalue weighted by molar-refractivity contribution is 9.10. The molecule has 1 atom stereocenters. The molecule has 1 amide bonds. The Morgan fingerprint density at radius 1 is 1.14 bits per heavy atom. The molecule has 0 aliphatic carbocycles. The van der Waals surface area contributed by atoms with E-state index in [2.05, 4.69) is 26.0 Å². The Kier molecular flexibility index (Phi) is 7.63. The van der Waals surface area contributed by atoms with Crippen LogP contribution in [0.1, 0.15) is 31.4 Å². The van der Waals surface area contributed by atoms with Crippen LogP contribution in [0, 0.1) is 13.8 Å². The summed E-state index contributed by atoms with van der Waals surface area (Å²) in [5.74, 6) is 0.130. The van der Waals surface area contributed by atoms with Crippen LogP contribution >= 0.6 is 15.9 Å². The molecule has 0 aliphatic heterocycles. The number of carbonyl (C=O) groups is 1. The number of ether oxygens (including phenoxy) is 1. The molecule has 28 heavy (non-hydrogen) atoms. The molecular formula is C20H25BrN2O4S. The molecule has 0 heterocycles. The molecule has 2 rings (SSSR count). The summed E-state index contributed by atoms with van der Waals surface area (Å²) in [4.78, 5) is 12.4. The topological polar surface area (TPSA) is 84.5 Å². The van der Waals surface area contributed by atoms with Gasteiger partial charge >= 0.3 is 0 Å². The first kappa shape index (κ1) is 22.4. The fourth-order valence-corrected chi connectivity index (χ4v) is 4.58. The number of hydrogen-bond donors (Lipinski definition) is 2. The second-order valence-electron chi connectivity index (χ2n) is 6.65. The summed E-state index contributed by atoms with van der Waals surface area (Å²) in [6.07, 6.45) is 0.701. The summed E-state index contributed by atoms with van der Waals surface area (Å²) < 4.78 is 33.5. The summed E-state index contributed by atoms with van der Waals surface area (Å²) >= 11 is 3.43. The Balaban J connectivity index is 1.97. The van der Waals surface area contributed by atoms with Crippen LogP contribution in [0.25, 0.3) is 0 Å². The standard InChI is InChI=1S/C20H25BrN2O4S/c1-5-15(4)23-28(25,26)18-8-6-17(7-9-18)27-12-19(24)22-20-13(2)10-16(21)11-14(20)3/h6-11,15,23H,5,12H2,1-4H3,(H,22,24)/t15-/m1/s1. The average molecular weight is 469 g/mol. The zero-order valence-electron chi connectivity index (χ0n) is 16.4. The van der Waals surface area contributed by atoms with Crippen LogP contribution in [0.4, 0.5) is 5.69 Å². The van der Waals surface area contributed by atoms with E-state index in [1.165, 1.54) is 24.3 Å². The van der Waals surface area contributed by atoms with E-state index in [1.54, 1.807) is 0 Å². The van der Waals surface area contributed by atoms with Gasteiger partial charge in [0.05, 0.1) is 4.90 Å². The smallest absolute Gasteiger partial charge is 0.262 e. The first-order valence-corrected chi connectivity index (χ1v) is 11.2. The molecule has 0 saturated carbocycles. The zero-order valence-corrected chi connectivity index (χ0v) is 18.8. The van der Waals surface area contributed by atoms with Gasteiger partial charge in [0.15, 0.2) is 6.61 Å². The molecule has 0 saturated heterocycles. The highest BCUT2D eigenvalue weighted by atomic mass is 79.9. The molecule has 0 aliphatic rings. The Morgan fingerprint density at radius 3 is 2.25 bits per heavy atom. The van der Waals surface area contributed by atoms with Gasteiger partial charge < -0.3 is 10.1 Å². The number of sulfonamides is 1. The normalized spacial score (nSPS) is 12.5. The van der Waals surface area contributed by atoms with Gasteiger partial charge in [0.2, 0.25) is 10.0 Å². The molecule has 2 aromatic rings. The SMILES string of the molecule is CC[C@@H](C)NS(=O)(=O)c1ccc(OCC(=O)Nc2c(C)cc(Br)cc2C)cc1. The van der Waals surface area contributed by atoms with Gasteiger partial charge in [-0.2, -0.15) is 0 Å². The van der Waals surface area contributed by atoms with Gasteiger partial charge in [-0.05, 0) is 74.7 Å². The van der Waals surface area contributed by atoms with Gasteiger partial charge in [-0.1, -0.05) is 22.9 Å². The number of nitrogens with one attached hydrogen (secondary N) is 2. The minimum atomic E-state index is -3.56. The molecule has 6 nitrogen and oxygen atoms in total. The van der Waals surface area contributed by atoms with Crippen LogP contribution in [0.2, 0.25) is 0 Å². The Labute approximate surface area is 174 Å². The monoisotopic (exact) mass is 468 g/mol. The number of amides is 1. The third-order valence-electron chi connectivity index (χ3n) is 4.23. The third-order valence-corrected chi connectivity index (χ3v) is 6.30. The van der Waals surface area contributed by atoms with Crippen LogP contribution in [0.15, 0.2) is 45.8 Å². The van der Waals surface area contributed by atoms with Crippen LogP contribution in [0.5, 0.6) is 5.75 Å². The third kappa shape index (κ3) is 6.05. The maximum atomic E-state index is 12.3. The second kappa shape index (κ2) is 9.54. The molecule has 2 aromatic carbocycles. The molecule has 0 unspecified atom stereocenters. The van der Waals surface area contributed by atoms with E-state index in [0.717, 1.165) is 21.3 Å². The van der Waals surface area contributed by atoms with Gasteiger partial charge in [0.25, 0.3) is 5.91 Å². The molecule has 0 fully saturated rings. The average Bonchev–Trinajstić information content (AvgIpc) is 2.63. The Bertz CT molecular complexity index is 920. The largest absolute Gasteiger partial charge is 0.484 e. The number of carbonyl (C=O) groups excluding carboxylic acids is 1. The van der Waals surface area contributed by atoms with Crippen molar-refractivity contribution in [1.82, 2.24) is 4.72 Å². The molecule has 0 spiro atoms. The van der Waals surface area contributed by atoms with Crippen molar-refractivity contribution in [2.24, 2.45) is 0 Å². The molecular weight excluding hydrogens is 444 g/mol. The van der Waals surface area contributed by atoms with Crippen LogP contribution in [0.3, 0.4) is 0 Å². The lowest BCUT2D eigenvalue weighted by molar-refractivity contribution is -0.118. The summed E-state index contributed by atoms with van der Waals surface area (Å²) in [6.45, 7) is 7.38. The Morgan fingerprint density at radius 2 is 1.71 bits per heavy atom. The number of rotatable bonds is 8. The van der Waals surface area contributed by atoms with Crippen molar-refractivity contribution in [2.75, 3.05) is 11.9 Å². The summed E-state index contributed by atoms with van der Waals surface area (Å²) in [7, 11) is -3.56. The summed E-state index contributed by atoms with van der Waals surface area (Å²) in [5.41, 5.74) is 2.65. The quantitative estimate of drug-likeness (QED) is 0.608. The number of benzene rings is 2. The predicted molar refractivity (Wildman–Crippen MR) is 114 cm³/mol. The van der Waals surface area contributed by atoms with E-state index in [0.29, 0.717) is 12.2 Å². The van der Waals surface area contributed by atoms with Crippen molar-refractivity contribution in [3.05, 3.63) is 52.0 Å². The number of anilines is 1. The van der Waals surface area contributed by atoms with E-state index in [4.69, 9.17) is 4.74 Å². The van der Waals surface area contributed by atoms with Crippen LogP contribution in [-0.4, -0.2) is 27.0 Å². The second-order valence-corrected chi connectivity index (χ2v) is 9.28. The molecule has 2 N–H and O–H groups in total. The number of aryl methyl sites for hydroxylation is 2. The van der Waals surface area contributed by atoms with Gasteiger partial charge in [0, 0.05) is 16.2 Å². The van der Waals surface area contributed by atoms with Gasteiger partial charge in [-0.25, -0.2) is 13.1 Å². The molecule has 0 aromatic heterocycles. The minimum absolute atomic E-state index is 0.143. The highest BCUT2D eigenvalue weighted by Gasteiger charge is 2.16. The highest BCUT2D eigenvalue weighted by Crippen LogP contribution is 2.25. The van der Waals surface area contributed by atoms with E-state index in [1.807, 2.05) is 39.8 Å². The molecule has 0 radical (unpaired) electrons. The molecule has 0 bridgehead atoms. The van der Waals surface area contributed by atoms with Crippen molar-refractivity contribution in [2.45, 2.75) is 45.1 Å². The molecule has 152 valence electrons. The lowest BCUT2D eigenvalue weighted by atomic mass is 10.1. The van der Waals surface area contributed by atoms with Crippen molar-refractivity contribution >= 4 is 37.5 Å². The summed E-state index contributed by atoms with van der Waals surface area (Å²) in [6, 6.07) is 9.70. The number of hydrogen-bond acceptors (Lipinski definition) is 4. The predicted octanol–water partition coefficient (Wildman–Crippen LogP) is 4.16. The Hall–Kier alpha value is -1.90. The van der Waals surface area contributed by atoms with Crippen LogP contribution in [-0.2, 0) is 14.8 Å². The minimum Gasteiger partial charge on any atom is -0.484 e. The number of halogens is 1. The molecule has 8 heteroatoms. The summed E-state index contributed by atoms with van der Waals surface area (Å²) in [5, 5.41) is 2.85. The maximum absolute atomic E-state index is 12.3. The van der Waals surface area contributed by atoms with Gasteiger partial charge in [0.1, 0.15) is 5.75 Å². The maximum Gasteiger partial charge on any atom is 0.262 e. The van der Waals surface area contributed by atoms with Crippen LogP contribution < -0.4 is 14.8 Å². The van der Waals surface area contributed by atoms with Gasteiger partial charge in [-0.3, -0.25) is 4.79 Å². The first-order chi connectivity index (χ1) is 13.1. The van der Waals surface area contributed by atoms with Crippen molar-refractivity contribution in [3.8, 4) is 5.75 Å². The first-order valence-electron chi connectivity index (χ1n) is 8.94.